The summed E-state index contributed by atoms with van der Waals surface area (Å²) >= 11 is 12.2. The van der Waals surface area contributed by atoms with Gasteiger partial charge in [0.25, 0.3) is 5.91 Å². The predicted molar refractivity (Wildman–Crippen MR) is 111 cm³/mol. The number of halogens is 3. The Morgan fingerprint density at radius 1 is 1.17 bits per heavy atom. The monoisotopic (exact) mass is 432 g/mol. The minimum absolute atomic E-state index is 0.0840. The van der Waals surface area contributed by atoms with Crippen molar-refractivity contribution in [3.05, 3.63) is 64.0 Å². The van der Waals surface area contributed by atoms with E-state index < -0.39 is 11.7 Å². The van der Waals surface area contributed by atoms with Crippen LogP contribution in [0.2, 0.25) is 10.0 Å². The summed E-state index contributed by atoms with van der Waals surface area (Å²) in [5.74, 6) is -1.16. The van der Waals surface area contributed by atoms with E-state index in [0.29, 0.717) is 29.7 Å². The lowest BCUT2D eigenvalue weighted by molar-refractivity contribution is 0.102. The molecule has 9 heteroatoms. The highest BCUT2D eigenvalue weighted by atomic mass is 35.5. The van der Waals surface area contributed by atoms with Gasteiger partial charge < -0.3 is 10.2 Å². The van der Waals surface area contributed by atoms with E-state index in [0.717, 1.165) is 0 Å². The molecule has 0 spiro atoms. The van der Waals surface area contributed by atoms with Gasteiger partial charge >= 0.3 is 6.03 Å². The molecular formula is C20H15Cl2FN4O2. The van der Waals surface area contributed by atoms with Crippen LogP contribution in [0.4, 0.5) is 20.6 Å². The van der Waals surface area contributed by atoms with Crippen LogP contribution >= 0.6 is 23.2 Å². The van der Waals surface area contributed by atoms with E-state index >= 15 is 0 Å². The molecule has 148 valence electrons. The molecule has 0 saturated carbocycles. The van der Waals surface area contributed by atoms with Gasteiger partial charge in [0.1, 0.15) is 5.82 Å². The Morgan fingerprint density at radius 2 is 1.90 bits per heavy atom. The van der Waals surface area contributed by atoms with Gasteiger partial charge in [-0.2, -0.15) is 0 Å². The summed E-state index contributed by atoms with van der Waals surface area (Å²) in [5, 5.41) is 3.40. The van der Waals surface area contributed by atoms with Crippen LogP contribution in [0.1, 0.15) is 10.4 Å². The van der Waals surface area contributed by atoms with Gasteiger partial charge in [-0.25, -0.2) is 9.18 Å². The number of fused-ring (bicyclic) bond motifs is 1. The molecule has 0 radical (unpaired) electrons. The Balaban J connectivity index is 1.79. The fraction of sp³-hybridized carbons (Fsp3) is 0.150. The molecule has 4 rings (SSSR count). The number of nitrogens with one attached hydrogen (secondary N) is 1. The quantitative estimate of drug-likeness (QED) is 0.645. The average molecular weight is 433 g/mol. The molecule has 1 aromatic heterocycles. The summed E-state index contributed by atoms with van der Waals surface area (Å²) in [7, 11) is 1.70. The normalized spacial score (nSPS) is 14.0. The van der Waals surface area contributed by atoms with Gasteiger partial charge in [-0.1, -0.05) is 29.3 Å². The highest BCUT2D eigenvalue weighted by Gasteiger charge is 2.28. The third-order valence-corrected chi connectivity index (χ3v) is 5.36. The number of hydrogen-bond acceptors (Lipinski definition) is 3. The number of benzene rings is 2. The Hall–Kier alpha value is -2.90. The molecule has 1 aliphatic rings. The lowest BCUT2D eigenvalue weighted by Crippen LogP contribution is -2.29. The number of aromatic nitrogens is 1. The molecule has 29 heavy (non-hydrogen) atoms. The second-order valence-electron chi connectivity index (χ2n) is 6.59. The molecule has 1 N–H and O–H groups in total. The van der Waals surface area contributed by atoms with Crippen LogP contribution in [-0.2, 0) is 0 Å². The predicted octanol–water partition coefficient (Wildman–Crippen LogP) is 4.80. The highest BCUT2D eigenvalue weighted by molar-refractivity contribution is 6.40. The van der Waals surface area contributed by atoms with Crippen LogP contribution in [0.25, 0.3) is 10.9 Å². The van der Waals surface area contributed by atoms with Gasteiger partial charge in [0.15, 0.2) is 0 Å². The third-order valence-electron chi connectivity index (χ3n) is 4.73. The number of likely N-dealkylation sites (N-methyl/N-ethyl adjacent to an activating group) is 1. The molecule has 1 fully saturated rings. The molecule has 3 amide bonds. The lowest BCUT2D eigenvalue weighted by Gasteiger charge is -2.19. The molecule has 2 aromatic carbocycles. The maximum absolute atomic E-state index is 14.4. The second-order valence-corrected chi connectivity index (χ2v) is 7.40. The molecule has 1 aliphatic heterocycles. The Kier molecular flexibility index (Phi) is 5.02. The second kappa shape index (κ2) is 7.50. The molecule has 0 bridgehead atoms. The van der Waals surface area contributed by atoms with Crippen molar-refractivity contribution in [3.63, 3.8) is 0 Å². The van der Waals surface area contributed by atoms with Crippen molar-refractivity contribution in [3.8, 4) is 0 Å². The van der Waals surface area contributed by atoms with Gasteiger partial charge in [0.05, 0.1) is 32.5 Å². The molecule has 0 aliphatic carbocycles. The zero-order chi connectivity index (χ0) is 20.7. The number of carbonyl (C=O) groups is 2. The fourth-order valence-electron chi connectivity index (χ4n) is 3.31. The summed E-state index contributed by atoms with van der Waals surface area (Å²) in [6.45, 7) is 1.04. The van der Waals surface area contributed by atoms with Crippen molar-refractivity contribution >= 4 is 57.4 Å². The average Bonchev–Trinajstić information content (AvgIpc) is 3.00. The summed E-state index contributed by atoms with van der Waals surface area (Å²) in [5.41, 5.74) is 1.11. The van der Waals surface area contributed by atoms with E-state index in [2.05, 4.69) is 10.3 Å². The smallest absolute Gasteiger partial charge is 0.324 e. The van der Waals surface area contributed by atoms with Gasteiger partial charge in [-0.05, 0) is 30.3 Å². The van der Waals surface area contributed by atoms with Crippen molar-refractivity contribution in [1.29, 1.82) is 0 Å². The van der Waals surface area contributed by atoms with Crippen molar-refractivity contribution in [2.24, 2.45) is 0 Å². The number of rotatable bonds is 3. The zero-order valence-electron chi connectivity index (χ0n) is 15.2. The Bertz CT molecular complexity index is 1130. The van der Waals surface area contributed by atoms with Gasteiger partial charge in [0, 0.05) is 31.7 Å². The zero-order valence-corrected chi connectivity index (χ0v) is 16.8. The summed E-state index contributed by atoms with van der Waals surface area (Å²) < 4.78 is 14.4. The number of nitrogens with zero attached hydrogens (tertiary/aromatic N) is 3. The van der Waals surface area contributed by atoms with Crippen LogP contribution in [0.5, 0.6) is 0 Å². The minimum atomic E-state index is -0.586. The lowest BCUT2D eigenvalue weighted by atomic mass is 10.1. The van der Waals surface area contributed by atoms with Crippen LogP contribution < -0.4 is 10.2 Å². The van der Waals surface area contributed by atoms with Crippen LogP contribution in [0, 0.1) is 5.82 Å². The molecule has 2 heterocycles. The molecular weight excluding hydrogens is 418 g/mol. The number of anilines is 2. The Morgan fingerprint density at radius 3 is 2.55 bits per heavy atom. The molecule has 3 aromatic rings. The van der Waals surface area contributed by atoms with E-state index in [1.807, 2.05) is 0 Å². The van der Waals surface area contributed by atoms with E-state index in [1.54, 1.807) is 29.0 Å². The molecule has 0 atom stereocenters. The van der Waals surface area contributed by atoms with Crippen molar-refractivity contribution < 1.29 is 14.0 Å². The molecule has 1 saturated heterocycles. The number of pyridine rings is 1. The van der Waals surface area contributed by atoms with Crippen LogP contribution in [0.15, 0.2) is 42.6 Å². The van der Waals surface area contributed by atoms with Gasteiger partial charge in [-0.15, -0.1) is 0 Å². The number of urea groups is 1. The van der Waals surface area contributed by atoms with Crippen LogP contribution in [0.3, 0.4) is 0 Å². The first-order valence-electron chi connectivity index (χ1n) is 8.73. The minimum Gasteiger partial charge on any atom is -0.326 e. The first-order chi connectivity index (χ1) is 13.9. The summed E-state index contributed by atoms with van der Waals surface area (Å²) in [6.07, 6.45) is 1.51. The maximum atomic E-state index is 14.4. The fourth-order valence-corrected chi connectivity index (χ4v) is 3.88. The maximum Gasteiger partial charge on any atom is 0.324 e. The first-order valence-corrected chi connectivity index (χ1v) is 9.48. The van der Waals surface area contributed by atoms with Crippen molar-refractivity contribution in [2.75, 3.05) is 30.4 Å². The van der Waals surface area contributed by atoms with Crippen molar-refractivity contribution in [1.82, 2.24) is 9.88 Å². The van der Waals surface area contributed by atoms with Crippen molar-refractivity contribution in [2.45, 2.75) is 0 Å². The van der Waals surface area contributed by atoms with Gasteiger partial charge in [0.2, 0.25) is 0 Å². The number of hydrogen-bond donors (Lipinski definition) is 1. The van der Waals surface area contributed by atoms with E-state index in [1.165, 1.54) is 30.5 Å². The number of amides is 3. The summed E-state index contributed by atoms with van der Waals surface area (Å²) in [6, 6.07) is 8.62. The first kappa shape index (κ1) is 19.4. The van der Waals surface area contributed by atoms with E-state index in [9.17, 15) is 14.0 Å². The van der Waals surface area contributed by atoms with Gasteiger partial charge in [-0.3, -0.25) is 14.7 Å². The molecule has 0 unspecified atom stereocenters. The van der Waals surface area contributed by atoms with Crippen LogP contribution in [-0.4, -0.2) is 42.0 Å². The third kappa shape index (κ3) is 3.47. The topological polar surface area (TPSA) is 65.5 Å². The van der Waals surface area contributed by atoms with E-state index in [-0.39, 0.29) is 27.3 Å². The van der Waals surface area contributed by atoms with E-state index in [4.69, 9.17) is 23.2 Å². The standard InChI is InChI=1S/C20H15Cl2FN4O2/c1-26-7-8-27(20(26)29)16-5-6-24-18-12(16)9-11(23)10-15(18)25-19(28)17-13(21)3-2-4-14(17)22/h2-6,9-10H,7-8H2,1H3,(H,25,28). The SMILES string of the molecule is CN1CCN(c2ccnc3c(NC(=O)c4c(Cl)cccc4Cl)cc(F)cc23)C1=O. The number of carbonyl (C=O) groups excluding carboxylic acids is 2. The Labute approximate surface area is 175 Å². The largest absolute Gasteiger partial charge is 0.326 e. The summed E-state index contributed by atoms with van der Waals surface area (Å²) in [4.78, 5) is 32.6. The highest BCUT2D eigenvalue weighted by Crippen LogP contribution is 2.33. The molecule has 6 nitrogen and oxygen atoms in total.